The highest BCUT2D eigenvalue weighted by Crippen LogP contribution is 2.27. The molecule has 0 radical (unpaired) electrons. The van der Waals surface area contributed by atoms with Crippen LogP contribution in [0, 0.1) is 0 Å². The second-order valence-electron chi connectivity index (χ2n) is 9.81. The van der Waals surface area contributed by atoms with E-state index in [-0.39, 0.29) is 6.04 Å². The average Bonchev–Trinajstić information content (AvgIpc) is 3.37. The van der Waals surface area contributed by atoms with Gasteiger partial charge in [0.15, 0.2) is 11.5 Å². The van der Waals surface area contributed by atoms with Crippen molar-refractivity contribution in [2.45, 2.75) is 51.1 Å². The first-order valence-electron chi connectivity index (χ1n) is 11.3. The Hall–Kier alpha value is -2.08. The van der Waals surface area contributed by atoms with Crippen LogP contribution in [0.4, 0.5) is 5.82 Å². The van der Waals surface area contributed by atoms with E-state index < -0.39 is 18.9 Å². The Morgan fingerprint density at radius 2 is 2.12 bits per heavy atom. The van der Waals surface area contributed by atoms with Gasteiger partial charge in [0.25, 0.3) is 0 Å². The van der Waals surface area contributed by atoms with Gasteiger partial charge in [-0.25, -0.2) is 9.67 Å². The fraction of sp³-hybridized carbons (Fsp3) is 0.591. The third-order valence-electron chi connectivity index (χ3n) is 5.76. The fourth-order valence-electron chi connectivity index (χ4n) is 3.91. The maximum Gasteiger partial charge on any atom is 0.167 e. The van der Waals surface area contributed by atoms with E-state index in [4.69, 9.17) is 14.5 Å². The van der Waals surface area contributed by atoms with E-state index in [0.29, 0.717) is 25.7 Å². The summed E-state index contributed by atoms with van der Waals surface area (Å²) in [5.41, 5.74) is 1.72. The van der Waals surface area contributed by atoms with Gasteiger partial charge in [-0.1, -0.05) is 19.6 Å². The molecule has 1 saturated heterocycles. The summed E-state index contributed by atoms with van der Waals surface area (Å²) < 4.78 is 27.3. The molecule has 180 valence electrons. The SMILES string of the molecule is C[C@@H]1COCCN1c1cc(CS(C)=O)c2cnn(-c3ccnn3COCC[Si](C)(C)C)c2n1. The van der Waals surface area contributed by atoms with E-state index in [1.807, 2.05) is 12.1 Å². The molecule has 2 atom stereocenters. The lowest BCUT2D eigenvalue weighted by atomic mass is 10.2. The maximum absolute atomic E-state index is 12.1. The van der Waals surface area contributed by atoms with Crippen molar-refractivity contribution in [3.8, 4) is 5.82 Å². The van der Waals surface area contributed by atoms with Gasteiger partial charge in [0.1, 0.15) is 12.5 Å². The molecule has 1 aliphatic rings. The van der Waals surface area contributed by atoms with E-state index >= 15 is 0 Å². The molecule has 11 heteroatoms. The summed E-state index contributed by atoms with van der Waals surface area (Å²) in [5, 5.41) is 9.99. The van der Waals surface area contributed by atoms with Gasteiger partial charge in [-0.2, -0.15) is 14.9 Å². The zero-order valence-corrected chi connectivity index (χ0v) is 22.0. The van der Waals surface area contributed by atoms with E-state index in [1.54, 1.807) is 28.0 Å². The van der Waals surface area contributed by atoms with E-state index in [9.17, 15) is 4.21 Å². The van der Waals surface area contributed by atoms with Gasteiger partial charge in [-0.15, -0.1) is 0 Å². The standard InChI is InChI=1S/C22H34N6O3SSi/c1-17-14-30-9-8-26(17)20-12-18(15-32(2)29)19-13-24-28(22(19)25-20)21-6-7-23-27(21)16-31-10-11-33(3,4)5/h6-7,12-13,17H,8-11,14-16H2,1-5H3/t17-,32?/m1/s1. The van der Waals surface area contributed by atoms with Crippen LogP contribution in [0.15, 0.2) is 24.5 Å². The molecule has 0 saturated carbocycles. The second kappa shape index (κ2) is 10.0. The molecule has 1 fully saturated rings. The van der Waals surface area contributed by atoms with Gasteiger partial charge in [-0.05, 0) is 24.6 Å². The summed E-state index contributed by atoms with van der Waals surface area (Å²) in [6, 6.07) is 5.28. The summed E-state index contributed by atoms with van der Waals surface area (Å²) in [5.74, 6) is 2.11. The van der Waals surface area contributed by atoms with Crippen LogP contribution < -0.4 is 4.90 Å². The molecule has 1 aliphatic heterocycles. The Bertz CT molecular complexity index is 1130. The lowest BCUT2D eigenvalue weighted by Gasteiger charge is -2.34. The van der Waals surface area contributed by atoms with Gasteiger partial charge < -0.3 is 14.4 Å². The summed E-state index contributed by atoms with van der Waals surface area (Å²) in [4.78, 5) is 7.25. The van der Waals surface area contributed by atoms with Crippen LogP contribution in [-0.2, 0) is 32.8 Å². The quantitative estimate of drug-likeness (QED) is 0.336. The molecule has 0 aromatic carbocycles. The van der Waals surface area contributed by atoms with Crippen LogP contribution in [0.2, 0.25) is 25.7 Å². The van der Waals surface area contributed by atoms with Crippen LogP contribution in [0.5, 0.6) is 0 Å². The molecule has 0 aliphatic carbocycles. The lowest BCUT2D eigenvalue weighted by molar-refractivity contribution is 0.0782. The summed E-state index contributed by atoms with van der Waals surface area (Å²) >= 11 is 0. The maximum atomic E-state index is 12.1. The summed E-state index contributed by atoms with van der Waals surface area (Å²) in [6.45, 7) is 12.3. The predicted octanol–water partition coefficient (Wildman–Crippen LogP) is 3.03. The fourth-order valence-corrected chi connectivity index (χ4v) is 5.34. The third kappa shape index (κ3) is 5.71. The number of hydrogen-bond donors (Lipinski definition) is 0. The van der Waals surface area contributed by atoms with Crippen molar-refractivity contribution in [1.29, 1.82) is 0 Å². The average molecular weight is 491 g/mol. The highest BCUT2D eigenvalue weighted by molar-refractivity contribution is 7.83. The Labute approximate surface area is 198 Å². The predicted molar refractivity (Wildman–Crippen MR) is 134 cm³/mol. The molecule has 9 nitrogen and oxygen atoms in total. The number of hydrogen-bond acceptors (Lipinski definition) is 7. The molecule has 3 aromatic heterocycles. The number of anilines is 1. The largest absolute Gasteiger partial charge is 0.377 e. The Kier molecular flexibility index (Phi) is 7.32. The number of ether oxygens (including phenoxy) is 2. The number of fused-ring (bicyclic) bond motifs is 1. The summed E-state index contributed by atoms with van der Waals surface area (Å²) in [6.07, 6.45) is 5.28. The molecule has 0 bridgehead atoms. The normalized spacial score (nSPS) is 18.2. The first-order chi connectivity index (χ1) is 15.7. The molecule has 3 aromatic rings. The van der Waals surface area contributed by atoms with Crippen molar-refractivity contribution in [3.63, 3.8) is 0 Å². The number of pyridine rings is 1. The highest BCUT2D eigenvalue weighted by atomic mass is 32.2. The zero-order valence-electron chi connectivity index (χ0n) is 20.2. The number of rotatable bonds is 9. The van der Waals surface area contributed by atoms with Crippen molar-refractivity contribution < 1.29 is 13.7 Å². The molecule has 33 heavy (non-hydrogen) atoms. The van der Waals surface area contributed by atoms with Crippen molar-refractivity contribution in [2.24, 2.45) is 0 Å². The minimum Gasteiger partial charge on any atom is -0.377 e. The van der Waals surface area contributed by atoms with Crippen molar-refractivity contribution in [3.05, 3.63) is 30.1 Å². The van der Waals surface area contributed by atoms with Gasteiger partial charge >= 0.3 is 0 Å². The molecule has 0 spiro atoms. The first kappa shape index (κ1) is 24.1. The zero-order chi connectivity index (χ0) is 23.6. The van der Waals surface area contributed by atoms with Crippen LogP contribution in [-0.4, -0.2) is 75.5 Å². The van der Waals surface area contributed by atoms with Crippen molar-refractivity contribution in [2.75, 3.05) is 37.5 Å². The van der Waals surface area contributed by atoms with E-state index in [2.05, 4.69) is 41.7 Å². The monoisotopic (exact) mass is 490 g/mol. The minimum atomic E-state index is -1.15. The number of nitrogens with zero attached hydrogens (tertiary/aromatic N) is 6. The Balaban J connectivity index is 1.69. The molecule has 0 amide bonds. The number of morpholine rings is 1. The van der Waals surface area contributed by atoms with E-state index in [1.165, 1.54) is 0 Å². The van der Waals surface area contributed by atoms with Gasteiger partial charge in [0, 0.05) is 55.5 Å². The molecule has 0 N–H and O–H groups in total. The van der Waals surface area contributed by atoms with Gasteiger partial charge in [0.05, 0.1) is 31.6 Å². The molecular weight excluding hydrogens is 456 g/mol. The van der Waals surface area contributed by atoms with Crippen LogP contribution in [0.1, 0.15) is 12.5 Å². The van der Waals surface area contributed by atoms with E-state index in [0.717, 1.165) is 47.4 Å². The first-order valence-corrected chi connectivity index (χ1v) is 16.8. The molecular formula is C22H34N6O3SSi. The lowest BCUT2D eigenvalue weighted by Crippen LogP contribution is -2.44. The minimum absolute atomic E-state index is 0.213. The van der Waals surface area contributed by atoms with Crippen molar-refractivity contribution >= 4 is 35.7 Å². The van der Waals surface area contributed by atoms with Gasteiger partial charge in [-0.3, -0.25) is 4.21 Å². The van der Waals surface area contributed by atoms with Crippen LogP contribution in [0.3, 0.4) is 0 Å². The Morgan fingerprint density at radius 1 is 1.30 bits per heavy atom. The van der Waals surface area contributed by atoms with Crippen LogP contribution in [0.25, 0.3) is 16.9 Å². The third-order valence-corrected chi connectivity index (χ3v) is 8.18. The summed E-state index contributed by atoms with van der Waals surface area (Å²) in [7, 11) is -2.13. The van der Waals surface area contributed by atoms with Crippen molar-refractivity contribution in [1.82, 2.24) is 24.5 Å². The number of aromatic nitrogens is 5. The second-order valence-corrected chi connectivity index (χ2v) is 16.9. The van der Waals surface area contributed by atoms with Crippen LogP contribution >= 0.6 is 0 Å². The topological polar surface area (TPSA) is 87.3 Å². The molecule has 4 heterocycles. The smallest absolute Gasteiger partial charge is 0.167 e. The van der Waals surface area contributed by atoms with Gasteiger partial charge in [0.2, 0.25) is 0 Å². The Morgan fingerprint density at radius 3 is 2.85 bits per heavy atom. The highest BCUT2D eigenvalue weighted by Gasteiger charge is 2.23. The molecule has 1 unspecified atom stereocenters. The molecule has 4 rings (SSSR count).